The third-order valence-corrected chi connectivity index (χ3v) is 3.04. The minimum Gasteiger partial charge on any atom is -0.372 e. The Labute approximate surface area is 100 Å². The normalized spacial score (nSPS) is 14.8. The van der Waals surface area contributed by atoms with E-state index in [4.69, 9.17) is 4.74 Å². The summed E-state index contributed by atoms with van der Waals surface area (Å²) in [6, 6.07) is 0.204. The van der Waals surface area contributed by atoms with Crippen molar-refractivity contribution in [1.29, 1.82) is 0 Å². The van der Waals surface area contributed by atoms with Gasteiger partial charge in [0, 0.05) is 12.6 Å². The molecule has 0 atom stereocenters. The minimum atomic E-state index is -0.139. The first-order valence-electron chi connectivity index (χ1n) is 6.07. The van der Waals surface area contributed by atoms with Crippen LogP contribution in [0.5, 0.6) is 0 Å². The quantitative estimate of drug-likeness (QED) is 0.839. The van der Waals surface area contributed by atoms with Crippen LogP contribution in [0.15, 0.2) is 0 Å². The van der Waals surface area contributed by atoms with Crippen LogP contribution in [0.3, 0.4) is 0 Å². The van der Waals surface area contributed by atoms with Crippen LogP contribution in [0.25, 0.3) is 0 Å². The number of hydrogen-bond donors (Lipinski definition) is 1. The van der Waals surface area contributed by atoms with Gasteiger partial charge in [-0.15, -0.1) is 10.2 Å². The number of aromatic nitrogens is 3. The number of ether oxygens (including phenoxy) is 1. The minimum absolute atomic E-state index is 0.139. The molecule has 1 aromatic heterocycles. The van der Waals surface area contributed by atoms with Gasteiger partial charge in [0.15, 0.2) is 5.82 Å². The number of hydrogen-bond acceptors (Lipinski definition) is 4. The van der Waals surface area contributed by atoms with Gasteiger partial charge in [-0.2, -0.15) is 0 Å². The van der Waals surface area contributed by atoms with Crippen LogP contribution in [-0.4, -0.2) is 33.3 Å². The summed E-state index contributed by atoms with van der Waals surface area (Å²) in [5.74, 6) is 0.987. The van der Waals surface area contributed by atoms with Gasteiger partial charge in [-0.25, -0.2) is 0 Å². The molecule has 1 N–H and O–H groups in total. The van der Waals surface area contributed by atoms with Gasteiger partial charge in [0.1, 0.15) is 6.61 Å². The van der Waals surface area contributed by atoms with E-state index in [2.05, 4.69) is 29.4 Å². The summed E-state index contributed by atoms with van der Waals surface area (Å²) < 4.78 is 7.09. The van der Waals surface area contributed by atoms with E-state index in [-0.39, 0.29) is 11.9 Å². The van der Waals surface area contributed by atoms with Gasteiger partial charge in [0.2, 0.25) is 5.82 Å². The fourth-order valence-corrected chi connectivity index (χ4v) is 1.91. The molecule has 0 bridgehead atoms. The van der Waals surface area contributed by atoms with E-state index in [1.807, 2.05) is 4.57 Å². The Morgan fingerprint density at radius 3 is 2.94 bits per heavy atom. The van der Waals surface area contributed by atoms with Gasteiger partial charge in [0.05, 0.1) is 6.61 Å². The Morgan fingerprint density at radius 2 is 2.24 bits per heavy atom. The number of fused-ring (bicyclic) bond motifs is 1. The van der Waals surface area contributed by atoms with Crippen LogP contribution >= 0.6 is 0 Å². The fraction of sp³-hybridized carbons (Fsp3) is 0.727. The molecule has 1 aliphatic heterocycles. The predicted molar refractivity (Wildman–Crippen MR) is 61.5 cm³/mol. The third kappa shape index (κ3) is 2.46. The van der Waals surface area contributed by atoms with Crippen molar-refractivity contribution in [2.24, 2.45) is 0 Å². The molecular weight excluding hydrogens is 220 g/mol. The van der Waals surface area contributed by atoms with E-state index >= 15 is 0 Å². The first-order valence-corrected chi connectivity index (χ1v) is 6.07. The molecular formula is C11H18N4O2. The molecule has 0 spiro atoms. The van der Waals surface area contributed by atoms with Crippen LogP contribution < -0.4 is 5.32 Å². The van der Waals surface area contributed by atoms with E-state index in [0.717, 1.165) is 18.7 Å². The second-order valence-corrected chi connectivity index (χ2v) is 4.13. The number of carbonyl (C=O) groups excluding carboxylic acids is 1. The Kier molecular flexibility index (Phi) is 3.73. The van der Waals surface area contributed by atoms with Crippen molar-refractivity contribution in [3.8, 4) is 0 Å². The maximum absolute atomic E-state index is 12.0. The smallest absolute Gasteiger partial charge is 0.289 e. The summed E-state index contributed by atoms with van der Waals surface area (Å²) in [6.45, 7) is 5.80. The molecule has 2 rings (SSSR count). The largest absolute Gasteiger partial charge is 0.372 e. The molecule has 6 heteroatoms. The van der Waals surface area contributed by atoms with Crippen LogP contribution in [-0.2, 0) is 17.9 Å². The van der Waals surface area contributed by atoms with Gasteiger partial charge in [0.25, 0.3) is 5.91 Å². The molecule has 0 aliphatic carbocycles. The lowest BCUT2D eigenvalue weighted by molar-refractivity contribution is 0.0774. The highest BCUT2D eigenvalue weighted by Crippen LogP contribution is 2.09. The zero-order chi connectivity index (χ0) is 12.3. The van der Waals surface area contributed by atoms with Crippen molar-refractivity contribution in [2.45, 2.75) is 45.9 Å². The molecule has 0 aromatic carbocycles. The van der Waals surface area contributed by atoms with E-state index < -0.39 is 0 Å². The highest BCUT2D eigenvalue weighted by Gasteiger charge is 2.22. The first-order chi connectivity index (χ1) is 8.26. The average molecular weight is 238 g/mol. The van der Waals surface area contributed by atoms with E-state index in [1.54, 1.807) is 0 Å². The monoisotopic (exact) mass is 238 g/mol. The van der Waals surface area contributed by atoms with Gasteiger partial charge in [-0.1, -0.05) is 13.8 Å². The fourth-order valence-electron chi connectivity index (χ4n) is 1.91. The maximum Gasteiger partial charge on any atom is 0.289 e. The van der Waals surface area contributed by atoms with Crippen molar-refractivity contribution in [1.82, 2.24) is 20.1 Å². The lowest BCUT2D eigenvalue weighted by atomic mass is 10.2. The molecule has 0 saturated heterocycles. The Morgan fingerprint density at radius 1 is 1.47 bits per heavy atom. The molecule has 17 heavy (non-hydrogen) atoms. The molecule has 0 radical (unpaired) electrons. The average Bonchev–Trinajstić information content (AvgIpc) is 2.79. The van der Waals surface area contributed by atoms with Crippen LogP contribution in [0, 0.1) is 0 Å². The zero-order valence-corrected chi connectivity index (χ0v) is 10.3. The topological polar surface area (TPSA) is 69.0 Å². The molecule has 94 valence electrons. The summed E-state index contributed by atoms with van der Waals surface area (Å²) in [6.07, 6.45) is 1.85. The Hall–Kier alpha value is -1.43. The van der Waals surface area contributed by atoms with Crippen LogP contribution in [0.1, 0.15) is 43.1 Å². The van der Waals surface area contributed by atoms with E-state index in [0.29, 0.717) is 25.6 Å². The number of amides is 1. The number of nitrogens with one attached hydrogen (secondary N) is 1. The first kappa shape index (κ1) is 12.0. The molecule has 1 amide bonds. The lowest BCUT2D eigenvalue weighted by Gasteiger charge is -2.17. The van der Waals surface area contributed by atoms with Crippen LogP contribution in [0.4, 0.5) is 0 Å². The van der Waals surface area contributed by atoms with Crippen molar-refractivity contribution in [3.05, 3.63) is 11.6 Å². The predicted octanol–water partition coefficient (Wildman–Crippen LogP) is 0.727. The summed E-state index contributed by atoms with van der Waals surface area (Å²) in [4.78, 5) is 12.0. The summed E-state index contributed by atoms with van der Waals surface area (Å²) in [5.41, 5.74) is 0. The highest BCUT2D eigenvalue weighted by molar-refractivity contribution is 5.90. The highest BCUT2D eigenvalue weighted by atomic mass is 16.5. The second-order valence-electron chi connectivity index (χ2n) is 4.13. The molecule has 1 aromatic rings. The Balaban J connectivity index is 2.11. The molecule has 0 fully saturated rings. The van der Waals surface area contributed by atoms with E-state index in [9.17, 15) is 4.79 Å². The van der Waals surface area contributed by atoms with Crippen molar-refractivity contribution in [2.75, 3.05) is 6.61 Å². The summed E-state index contributed by atoms with van der Waals surface area (Å²) in [5, 5.41) is 10.9. The van der Waals surface area contributed by atoms with Gasteiger partial charge in [-0.3, -0.25) is 4.79 Å². The molecule has 0 saturated carbocycles. The third-order valence-electron chi connectivity index (χ3n) is 3.04. The molecule has 0 unspecified atom stereocenters. The lowest BCUT2D eigenvalue weighted by Crippen LogP contribution is -2.36. The van der Waals surface area contributed by atoms with Crippen LogP contribution in [0.2, 0.25) is 0 Å². The number of carbonyl (C=O) groups is 1. The van der Waals surface area contributed by atoms with Gasteiger partial charge in [-0.05, 0) is 12.8 Å². The van der Waals surface area contributed by atoms with E-state index in [1.165, 1.54) is 0 Å². The molecule has 6 nitrogen and oxygen atoms in total. The SMILES string of the molecule is CCC(CC)NC(=O)c1nnc2n1CCOC2. The molecule has 2 heterocycles. The second kappa shape index (κ2) is 5.27. The van der Waals surface area contributed by atoms with Crippen molar-refractivity contribution in [3.63, 3.8) is 0 Å². The maximum atomic E-state index is 12.0. The number of rotatable bonds is 4. The molecule has 1 aliphatic rings. The van der Waals surface area contributed by atoms with Crippen molar-refractivity contribution < 1.29 is 9.53 Å². The summed E-state index contributed by atoms with van der Waals surface area (Å²) >= 11 is 0. The van der Waals surface area contributed by atoms with Gasteiger partial charge >= 0.3 is 0 Å². The summed E-state index contributed by atoms with van der Waals surface area (Å²) in [7, 11) is 0. The Bertz CT molecular complexity index is 398. The zero-order valence-electron chi connectivity index (χ0n) is 10.3. The van der Waals surface area contributed by atoms with Crippen molar-refractivity contribution >= 4 is 5.91 Å². The van der Waals surface area contributed by atoms with Gasteiger partial charge < -0.3 is 14.6 Å². The number of nitrogens with zero attached hydrogens (tertiary/aromatic N) is 3. The standard InChI is InChI=1S/C11H18N4O2/c1-3-8(4-2)12-11(16)10-14-13-9-7-17-6-5-15(9)10/h8H,3-7H2,1-2H3,(H,12,16).